The maximum atomic E-state index is 17.2. The largest absolute Gasteiger partial charge is 0.443 e. The number of halogens is 1. The van der Waals surface area contributed by atoms with Crippen LogP contribution in [0.4, 0.5) is 4.39 Å². The number of nitrogens with zero attached hydrogens (tertiary/aromatic N) is 2. The molecule has 1 aromatic carbocycles. The van der Waals surface area contributed by atoms with Gasteiger partial charge in [0.25, 0.3) is 0 Å². The summed E-state index contributed by atoms with van der Waals surface area (Å²) in [5, 5.41) is 22.0. The van der Waals surface area contributed by atoms with Crippen LogP contribution in [-0.2, 0) is 4.74 Å². The van der Waals surface area contributed by atoms with Gasteiger partial charge in [0.05, 0.1) is 17.8 Å². The van der Waals surface area contributed by atoms with E-state index in [9.17, 15) is 10.2 Å². The predicted molar refractivity (Wildman–Crippen MR) is 129 cm³/mol. The molecule has 188 valence electrons. The van der Waals surface area contributed by atoms with Crippen molar-refractivity contribution in [1.29, 1.82) is 0 Å². The van der Waals surface area contributed by atoms with Crippen LogP contribution in [0.3, 0.4) is 0 Å². The molecule has 35 heavy (non-hydrogen) atoms. The Morgan fingerprint density at radius 1 is 1.09 bits per heavy atom. The average molecular weight is 483 g/mol. The number of ether oxygens (including phenoxy) is 1. The number of allylic oxidation sites excluding steroid dienone is 2. The quantitative estimate of drug-likeness (QED) is 0.671. The van der Waals surface area contributed by atoms with Gasteiger partial charge in [0.1, 0.15) is 16.8 Å². The molecule has 7 heteroatoms. The number of rotatable bonds is 2. The Bertz CT molecular complexity index is 1230. The zero-order valence-electron chi connectivity index (χ0n) is 20.7. The summed E-state index contributed by atoms with van der Waals surface area (Å²) in [6.07, 6.45) is 6.16. The minimum Gasteiger partial charge on any atom is -0.443 e. The molecule has 2 aliphatic heterocycles. The second-order valence-electron chi connectivity index (χ2n) is 12.4. The van der Waals surface area contributed by atoms with Crippen LogP contribution < -0.4 is 0 Å². The van der Waals surface area contributed by atoms with Gasteiger partial charge in [0.15, 0.2) is 12.0 Å². The summed E-state index contributed by atoms with van der Waals surface area (Å²) in [6, 6.07) is 5.96. The Kier molecular flexibility index (Phi) is 4.44. The van der Waals surface area contributed by atoms with Crippen molar-refractivity contribution in [3.8, 4) is 0 Å². The number of hydrogen-bond donors (Lipinski definition) is 2. The zero-order chi connectivity index (χ0) is 24.4. The standard InChI is InChI=1S/C28H35FN2O4/c1-25-8-10-27(29)13-18-23(32)24(33)20(31(2)3)14-26(18)9-11-28(27,35-26)22(25)7-5-17(25)16-4-6-19-21(12-16)34-15-30-19/h4-6,12,15,18,20,22-24,32-33H,7-11,13-14H2,1-3H3/t18?,20-,22?,23+,24+,25+,26+,27?,28-/m0/s1. The summed E-state index contributed by atoms with van der Waals surface area (Å²) in [6.45, 7) is 2.29. The van der Waals surface area contributed by atoms with Gasteiger partial charge in [-0.25, -0.2) is 9.37 Å². The van der Waals surface area contributed by atoms with Crippen molar-refractivity contribution in [1.82, 2.24) is 9.88 Å². The summed E-state index contributed by atoms with van der Waals surface area (Å²) in [4.78, 5) is 6.22. The van der Waals surface area contributed by atoms with Crippen molar-refractivity contribution in [2.75, 3.05) is 14.1 Å². The highest BCUT2D eigenvalue weighted by molar-refractivity contribution is 5.81. The lowest BCUT2D eigenvalue weighted by Crippen LogP contribution is -2.72. The molecule has 7 rings (SSSR count). The monoisotopic (exact) mass is 482 g/mol. The van der Waals surface area contributed by atoms with Crippen LogP contribution in [0.15, 0.2) is 35.1 Å². The van der Waals surface area contributed by atoms with Gasteiger partial charge in [0, 0.05) is 17.9 Å². The molecular weight excluding hydrogens is 447 g/mol. The predicted octanol–water partition coefficient (Wildman–Crippen LogP) is 4.10. The van der Waals surface area contributed by atoms with Crippen molar-refractivity contribution in [2.24, 2.45) is 17.3 Å². The molecule has 0 radical (unpaired) electrons. The van der Waals surface area contributed by atoms with Crippen LogP contribution in [0.25, 0.3) is 16.7 Å². The van der Waals surface area contributed by atoms with E-state index in [0.717, 1.165) is 35.9 Å². The first-order valence-corrected chi connectivity index (χ1v) is 13.1. The maximum Gasteiger partial charge on any atom is 0.181 e. The van der Waals surface area contributed by atoms with Crippen LogP contribution in [0, 0.1) is 17.3 Å². The SMILES string of the molecule is CN(C)[C@H]1C[C@@]23CC[C@]4(O2)C2CC=C(c5ccc6ncoc6c5)[C@@]2(C)CCC4(F)CC3[C@@H](O)[C@@H]1O. The summed E-state index contributed by atoms with van der Waals surface area (Å²) < 4.78 is 29.8. The number of aromatic nitrogens is 1. The molecule has 2 aromatic rings. The van der Waals surface area contributed by atoms with Crippen LogP contribution in [0.2, 0.25) is 0 Å². The molecule has 2 bridgehead atoms. The Hall–Kier alpha value is -1.80. The summed E-state index contributed by atoms with van der Waals surface area (Å²) in [5.41, 5.74) is 0.854. The second kappa shape index (κ2) is 6.94. The molecule has 9 atom stereocenters. The molecular formula is C28H35FN2O4. The molecule has 0 amide bonds. The number of oxazole rings is 1. The first kappa shape index (κ1) is 22.4. The molecule has 2 saturated heterocycles. The van der Waals surface area contributed by atoms with Crippen LogP contribution >= 0.6 is 0 Å². The molecule has 4 fully saturated rings. The Morgan fingerprint density at radius 2 is 1.91 bits per heavy atom. The van der Waals surface area contributed by atoms with Gasteiger partial charge in [-0.1, -0.05) is 19.1 Å². The number of likely N-dealkylation sites (N-methyl/N-ethyl adjacent to an activating group) is 1. The van der Waals surface area contributed by atoms with E-state index in [1.165, 1.54) is 12.0 Å². The number of aliphatic hydroxyl groups is 2. The molecule has 1 aromatic heterocycles. The fraction of sp³-hybridized carbons (Fsp3) is 0.679. The lowest BCUT2D eigenvalue weighted by molar-refractivity contribution is -0.314. The lowest BCUT2D eigenvalue weighted by Gasteiger charge is -2.64. The average Bonchev–Trinajstić information content (AvgIpc) is 3.52. The van der Waals surface area contributed by atoms with Gasteiger partial charge in [-0.2, -0.15) is 0 Å². The van der Waals surface area contributed by atoms with Crippen molar-refractivity contribution >= 4 is 16.7 Å². The zero-order valence-corrected chi connectivity index (χ0v) is 20.7. The van der Waals surface area contributed by atoms with Gasteiger partial charge < -0.3 is 24.3 Å². The molecule has 6 nitrogen and oxygen atoms in total. The van der Waals surface area contributed by atoms with E-state index in [0.29, 0.717) is 19.3 Å². The molecule has 3 unspecified atom stereocenters. The fourth-order valence-corrected chi connectivity index (χ4v) is 9.03. The van der Waals surface area contributed by atoms with E-state index in [4.69, 9.17) is 9.15 Å². The first-order chi connectivity index (χ1) is 16.6. The van der Waals surface area contributed by atoms with Gasteiger partial charge in [-0.15, -0.1) is 0 Å². The van der Waals surface area contributed by atoms with Gasteiger partial charge in [0.2, 0.25) is 0 Å². The topological polar surface area (TPSA) is 79.0 Å². The minimum atomic E-state index is -1.49. The van der Waals surface area contributed by atoms with Gasteiger partial charge >= 0.3 is 0 Å². The van der Waals surface area contributed by atoms with Crippen molar-refractivity contribution < 1.29 is 23.8 Å². The van der Waals surface area contributed by atoms with Gasteiger partial charge in [-0.3, -0.25) is 0 Å². The van der Waals surface area contributed by atoms with Crippen molar-refractivity contribution in [2.45, 2.75) is 87.0 Å². The Labute approximate surface area is 205 Å². The highest BCUT2D eigenvalue weighted by Crippen LogP contribution is 2.72. The minimum absolute atomic E-state index is 0.0382. The molecule has 3 heterocycles. The maximum absolute atomic E-state index is 17.2. The van der Waals surface area contributed by atoms with Crippen molar-refractivity contribution in [3.05, 3.63) is 36.2 Å². The summed E-state index contributed by atoms with van der Waals surface area (Å²) in [5.74, 6) is -0.335. The van der Waals surface area contributed by atoms with Gasteiger partial charge in [-0.05, 0) is 87.7 Å². The fourth-order valence-electron chi connectivity index (χ4n) is 9.03. The van der Waals surface area contributed by atoms with E-state index in [-0.39, 0.29) is 29.7 Å². The van der Waals surface area contributed by atoms with E-state index in [2.05, 4.69) is 30.1 Å². The highest BCUT2D eigenvalue weighted by Gasteiger charge is 2.77. The van der Waals surface area contributed by atoms with E-state index >= 15 is 4.39 Å². The van der Waals surface area contributed by atoms with E-state index in [1.54, 1.807) is 0 Å². The van der Waals surface area contributed by atoms with E-state index < -0.39 is 29.1 Å². The Balaban J connectivity index is 1.28. The summed E-state index contributed by atoms with van der Waals surface area (Å²) in [7, 11) is 3.86. The Morgan fingerprint density at radius 3 is 2.71 bits per heavy atom. The highest BCUT2D eigenvalue weighted by atomic mass is 19.1. The third-order valence-corrected chi connectivity index (χ3v) is 10.8. The summed E-state index contributed by atoms with van der Waals surface area (Å²) >= 11 is 0. The molecule has 3 aliphatic carbocycles. The second-order valence-corrected chi connectivity index (χ2v) is 12.4. The normalized spacial score (nSPS) is 48.5. The third kappa shape index (κ3) is 2.65. The van der Waals surface area contributed by atoms with Crippen LogP contribution in [0.1, 0.15) is 57.4 Å². The number of benzene rings is 1. The molecule has 5 aliphatic rings. The van der Waals surface area contributed by atoms with Crippen LogP contribution in [-0.4, -0.2) is 69.3 Å². The van der Waals surface area contributed by atoms with E-state index in [1.807, 2.05) is 25.1 Å². The number of aliphatic hydroxyl groups excluding tert-OH is 2. The van der Waals surface area contributed by atoms with Crippen molar-refractivity contribution in [3.63, 3.8) is 0 Å². The molecule has 2 saturated carbocycles. The molecule has 2 N–H and O–H groups in total. The number of alkyl halides is 1. The van der Waals surface area contributed by atoms with Crippen LogP contribution in [0.5, 0.6) is 0 Å². The molecule has 2 spiro atoms. The number of hydrogen-bond acceptors (Lipinski definition) is 6. The lowest BCUT2D eigenvalue weighted by atomic mass is 9.51. The smallest absolute Gasteiger partial charge is 0.181 e. The number of fused-ring (bicyclic) bond motifs is 2. The first-order valence-electron chi connectivity index (χ1n) is 13.1. The third-order valence-electron chi connectivity index (χ3n) is 10.8.